The van der Waals surface area contributed by atoms with Crippen LogP contribution in [-0.4, -0.2) is 73.5 Å². The third kappa shape index (κ3) is 5.98. The van der Waals surface area contributed by atoms with E-state index < -0.39 is 6.10 Å². The van der Waals surface area contributed by atoms with Gasteiger partial charge in [-0.1, -0.05) is 24.6 Å². The number of hydrogen-bond donors (Lipinski definition) is 5. The molecule has 3 aromatic heterocycles. The molecular weight excluding hydrogens is 544 g/mol. The van der Waals surface area contributed by atoms with Crippen molar-refractivity contribution < 1.29 is 14.9 Å². The smallest absolute Gasteiger partial charge is 0.261 e. The Hall–Kier alpha value is -4.28. The van der Waals surface area contributed by atoms with Crippen molar-refractivity contribution >= 4 is 27.5 Å². The van der Waals surface area contributed by atoms with E-state index in [0.29, 0.717) is 22.6 Å². The first-order valence-electron chi connectivity index (χ1n) is 15.1. The number of pyridine rings is 1. The number of nitrogens with one attached hydrogen (secondary N) is 3. The Kier molecular flexibility index (Phi) is 8.14. The van der Waals surface area contributed by atoms with Crippen molar-refractivity contribution in [3.05, 3.63) is 70.3 Å². The molecule has 0 spiro atoms. The Morgan fingerprint density at radius 1 is 1.16 bits per heavy atom. The van der Waals surface area contributed by atoms with Crippen molar-refractivity contribution in [2.45, 2.75) is 52.2 Å². The molecule has 226 valence electrons. The summed E-state index contributed by atoms with van der Waals surface area (Å²) < 4.78 is 7.83. The van der Waals surface area contributed by atoms with Crippen molar-refractivity contribution in [2.75, 3.05) is 38.1 Å². The first-order chi connectivity index (χ1) is 20.8. The first-order valence-corrected chi connectivity index (χ1v) is 15.1. The third-order valence-corrected chi connectivity index (χ3v) is 8.39. The lowest BCUT2D eigenvalue weighted by Gasteiger charge is -2.32. The van der Waals surface area contributed by atoms with Gasteiger partial charge in [0.05, 0.1) is 16.7 Å². The highest BCUT2D eigenvalue weighted by Gasteiger charge is 2.24. The maximum absolute atomic E-state index is 13.0. The monoisotopic (exact) mass is 584 g/mol. The molecule has 1 aliphatic heterocycles. The summed E-state index contributed by atoms with van der Waals surface area (Å²) in [6, 6.07) is 11.8. The van der Waals surface area contributed by atoms with Gasteiger partial charge in [-0.25, -0.2) is 4.98 Å². The van der Waals surface area contributed by atoms with Crippen molar-refractivity contribution in [1.29, 1.82) is 0 Å². The molecule has 0 aliphatic carbocycles. The lowest BCUT2D eigenvalue weighted by Crippen LogP contribution is -2.34. The predicted molar refractivity (Wildman–Crippen MR) is 170 cm³/mol. The Morgan fingerprint density at radius 3 is 2.74 bits per heavy atom. The number of hydrogen-bond acceptors (Lipinski definition) is 7. The number of imidazole rings is 1. The molecule has 10 heteroatoms. The number of nitrogens with zero attached hydrogens (tertiary/aromatic N) is 3. The van der Waals surface area contributed by atoms with Crippen molar-refractivity contribution in [2.24, 2.45) is 0 Å². The summed E-state index contributed by atoms with van der Waals surface area (Å²) >= 11 is 0. The molecule has 5 aromatic rings. The Bertz CT molecular complexity index is 1800. The lowest BCUT2D eigenvalue weighted by atomic mass is 10.0. The Balaban J connectivity index is 1.19. The molecule has 1 aliphatic rings. The van der Waals surface area contributed by atoms with Gasteiger partial charge in [0.25, 0.3) is 5.56 Å². The largest absolute Gasteiger partial charge is 0.494 e. The molecule has 0 saturated carbocycles. The van der Waals surface area contributed by atoms with Crippen LogP contribution in [0.5, 0.6) is 11.6 Å². The average molecular weight is 585 g/mol. The zero-order valence-corrected chi connectivity index (χ0v) is 25.0. The Labute approximate surface area is 250 Å². The molecule has 2 aromatic carbocycles. The predicted octanol–water partition coefficient (Wildman–Crippen LogP) is 5.09. The van der Waals surface area contributed by atoms with Gasteiger partial charge >= 0.3 is 0 Å². The molecule has 10 nitrogen and oxygen atoms in total. The van der Waals surface area contributed by atoms with Gasteiger partial charge in [-0.15, -0.1) is 0 Å². The van der Waals surface area contributed by atoms with Crippen LogP contribution in [-0.2, 0) is 0 Å². The minimum Gasteiger partial charge on any atom is -0.494 e. The fraction of sp³-hybridized carbons (Fsp3) is 0.394. The van der Waals surface area contributed by atoms with Crippen LogP contribution < -0.4 is 15.6 Å². The average Bonchev–Trinajstić information content (AvgIpc) is 3.54. The standard InChI is InChI=1S/C33H40N6O4/c1-4-11-38-12-8-23(9-13-38)39-18-22-15-27-28(16-25(22)33(39)42)37-31(36-27)30-26(7-10-34-32(30)41)35-17-24(40)19-43-29-6-5-20(2)14-21(29)3/h5-7,10,14-16,18,23-24,40,42H,4,8-9,11-13,17,19H2,1-3H3,(H,36,37)(H2,34,35,41). The molecule has 1 unspecified atom stereocenters. The number of anilines is 1. The zero-order valence-electron chi connectivity index (χ0n) is 25.0. The number of fused-ring (bicyclic) bond motifs is 2. The second-order valence-electron chi connectivity index (χ2n) is 11.7. The maximum Gasteiger partial charge on any atom is 0.261 e. The number of aromatic nitrogens is 4. The van der Waals surface area contributed by atoms with E-state index in [9.17, 15) is 15.0 Å². The Morgan fingerprint density at radius 2 is 1.98 bits per heavy atom. The van der Waals surface area contributed by atoms with Gasteiger partial charge < -0.3 is 39.7 Å². The van der Waals surface area contributed by atoms with Crippen molar-refractivity contribution in [3.63, 3.8) is 0 Å². The second-order valence-corrected chi connectivity index (χ2v) is 11.7. The molecule has 0 radical (unpaired) electrons. The number of aryl methyl sites for hydroxylation is 2. The van der Waals surface area contributed by atoms with E-state index in [4.69, 9.17) is 9.72 Å². The van der Waals surface area contributed by atoms with Gasteiger partial charge in [0.2, 0.25) is 0 Å². The van der Waals surface area contributed by atoms with Gasteiger partial charge in [0.1, 0.15) is 29.8 Å². The number of aromatic amines is 2. The van der Waals surface area contributed by atoms with Crippen molar-refractivity contribution in [3.8, 4) is 23.0 Å². The molecule has 1 saturated heterocycles. The van der Waals surface area contributed by atoms with E-state index in [-0.39, 0.29) is 30.6 Å². The van der Waals surface area contributed by atoms with Gasteiger partial charge in [0, 0.05) is 48.8 Å². The number of aliphatic hydroxyl groups excluding tert-OH is 1. The SMILES string of the molecule is CCCN1CCC(n2cc3cc4[nH]c(-c5c(NCC(O)COc6ccc(C)cc6C)cc[nH]c5=O)nc4cc3c2O)CC1. The van der Waals surface area contributed by atoms with E-state index in [1.165, 1.54) is 0 Å². The van der Waals surface area contributed by atoms with Crippen LogP contribution in [0.15, 0.2) is 53.6 Å². The number of piperidine rings is 1. The number of ether oxygens (including phenoxy) is 1. The van der Waals surface area contributed by atoms with Crippen molar-refractivity contribution in [1.82, 2.24) is 24.4 Å². The second kappa shape index (κ2) is 12.1. The highest BCUT2D eigenvalue weighted by atomic mass is 16.5. The lowest BCUT2D eigenvalue weighted by molar-refractivity contribution is 0.117. The minimum atomic E-state index is -0.803. The molecule has 43 heavy (non-hydrogen) atoms. The van der Waals surface area contributed by atoms with Crippen LogP contribution in [0.4, 0.5) is 5.69 Å². The molecule has 4 heterocycles. The third-order valence-electron chi connectivity index (χ3n) is 8.39. The summed E-state index contributed by atoms with van der Waals surface area (Å²) in [6.45, 7) is 9.69. The quantitative estimate of drug-likeness (QED) is 0.154. The van der Waals surface area contributed by atoms with E-state index in [2.05, 4.69) is 27.1 Å². The van der Waals surface area contributed by atoms with Gasteiger partial charge in [-0.05, 0) is 69.5 Å². The number of likely N-dealkylation sites (tertiary alicyclic amines) is 1. The summed E-state index contributed by atoms with van der Waals surface area (Å²) in [5.41, 5.74) is 4.17. The molecule has 0 amide bonds. The molecular formula is C33H40N6O4. The fourth-order valence-electron chi connectivity index (χ4n) is 6.15. The molecule has 1 atom stereocenters. The van der Waals surface area contributed by atoms with Gasteiger partial charge in [-0.2, -0.15) is 0 Å². The molecule has 0 bridgehead atoms. The maximum atomic E-state index is 13.0. The van der Waals surface area contributed by atoms with Crippen LogP contribution in [0.3, 0.4) is 0 Å². The van der Waals surface area contributed by atoms with Crippen LogP contribution >= 0.6 is 0 Å². The molecule has 5 N–H and O–H groups in total. The fourth-order valence-corrected chi connectivity index (χ4v) is 6.15. The normalized spacial score (nSPS) is 15.3. The summed E-state index contributed by atoms with van der Waals surface area (Å²) in [5, 5.41) is 26.6. The van der Waals surface area contributed by atoms with E-state index in [0.717, 1.165) is 72.1 Å². The number of H-pyrrole nitrogens is 2. The molecule has 1 fully saturated rings. The van der Waals surface area contributed by atoms with E-state index in [1.54, 1.807) is 12.3 Å². The number of aliphatic hydroxyl groups is 1. The molecule has 6 rings (SSSR count). The van der Waals surface area contributed by atoms with Gasteiger partial charge in [0.15, 0.2) is 5.88 Å². The summed E-state index contributed by atoms with van der Waals surface area (Å²) in [5.74, 6) is 1.40. The number of aromatic hydroxyl groups is 1. The van der Waals surface area contributed by atoms with Crippen LogP contribution in [0, 0.1) is 13.8 Å². The van der Waals surface area contributed by atoms with E-state index >= 15 is 0 Å². The first kappa shape index (κ1) is 28.8. The number of rotatable bonds is 10. The van der Waals surface area contributed by atoms with E-state index in [1.807, 2.05) is 54.9 Å². The highest BCUT2D eigenvalue weighted by molar-refractivity contribution is 5.99. The van der Waals surface area contributed by atoms with Crippen LogP contribution in [0.2, 0.25) is 0 Å². The van der Waals surface area contributed by atoms with Gasteiger partial charge in [-0.3, -0.25) is 4.79 Å². The minimum absolute atomic E-state index is 0.108. The van der Waals surface area contributed by atoms with Crippen LogP contribution in [0.1, 0.15) is 43.4 Å². The number of benzene rings is 2. The summed E-state index contributed by atoms with van der Waals surface area (Å²) in [6.07, 6.45) is 5.95. The summed E-state index contributed by atoms with van der Waals surface area (Å²) in [7, 11) is 0. The zero-order chi connectivity index (χ0) is 30.1. The summed E-state index contributed by atoms with van der Waals surface area (Å²) in [4.78, 5) is 26.2. The topological polar surface area (TPSA) is 131 Å². The van der Waals surface area contributed by atoms with Crippen LogP contribution in [0.25, 0.3) is 33.2 Å². The highest BCUT2D eigenvalue weighted by Crippen LogP contribution is 2.36.